The van der Waals surface area contributed by atoms with Crippen molar-refractivity contribution in [1.82, 2.24) is 15.0 Å². The van der Waals surface area contributed by atoms with E-state index in [0.29, 0.717) is 5.69 Å². The van der Waals surface area contributed by atoms with Crippen molar-refractivity contribution in [3.8, 4) is 11.4 Å². The fraction of sp³-hybridized carbons (Fsp3) is 0.385. The molecule has 1 N–H and O–H groups in total. The maximum absolute atomic E-state index is 10.3. The lowest BCUT2D eigenvalue weighted by Gasteiger charge is -2.34. The molecule has 3 rings (SSSR count). The molecule has 1 heterocycles. The SMILES string of the molecule is COc1ccc(Br)c(-n2cc(C3(O)CCC3)nn2)c1. The van der Waals surface area contributed by atoms with Crippen LogP contribution in [0.5, 0.6) is 5.75 Å². The fourth-order valence-electron chi connectivity index (χ4n) is 2.16. The zero-order valence-electron chi connectivity index (χ0n) is 10.5. The van der Waals surface area contributed by atoms with Gasteiger partial charge in [0.2, 0.25) is 0 Å². The number of benzene rings is 1. The summed E-state index contributed by atoms with van der Waals surface area (Å²) in [6.07, 6.45) is 4.32. The summed E-state index contributed by atoms with van der Waals surface area (Å²) < 4.78 is 7.75. The number of hydrogen-bond donors (Lipinski definition) is 1. The van der Waals surface area contributed by atoms with Gasteiger partial charge in [-0.25, -0.2) is 4.68 Å². The molecule has 2 aromatic rings. The van der Waals surface area contributed by atoms with E-state index in [0.717, 1.165) is 35.2 Å². The molecule has 0 radical (unpaired) electrons. The maximum atomic E-state index is 10.3. The molecule has 0 saturated heterocycles. The van der Waals surface area contributed by atoms with E-state index in [1.807, 2.05) is 18.2 Å². The van der Waals surface area contributed by atoms with E-state index in [4.69, 9.17) is 4.74 Å². The first-order valence-corrected chi connectivity index (χ1v) is 6.91. The van der Waals surface area contributed by atoms with E-state index >= 15 is 0 Å². The highest BCUT2D eigenvalue weighted by Gasteiger charge is 2.39. The predicted octanol–water partition coefficient (Wildman–Crippen LogP) is 2.41. The Morgan fingerprint density at radius 3 is 2.84 bits per heavy atom. The van der Waals surface area contributed by atoms with Crippen molar-refractivity contribution in [3.05, 3.63) is 34.6 Å². The van der Waals surface area contributed by atoms with E-state index < -0.39 is 5.60 Å². The van der Waals surface area contributed by atoms with Gasteiger partial charge in [-0.15, -0.1) is 5.10 Å². The monoisotopic (exact) mass is 323 g/mol. The molecule has 1 aromatic heterocycles. The van der Waals surface area contributed by atoms with E-state index in [1.54, 1.807) is 18.0 Å². The number of hydrogen-bond acceptors (Lipinski definition) is 4. The lowest BCUT2D eigenvalue weighted by molar-refractivity contribution is -0.0427. The summed E-state index contributed by atoms with van der Waals surface area (Å²) in [7, 11) is 1.62. The van der Waals surface area contributed by atoms with Gasteiger partial charge in [0.15, 0.2) is 0 Å². The molecule has 1 aliphatic rings. The maximum Gasteiger partial charge on any atom is 0.121 e. The van der Waals surface area contributed by atoms with E-state index in [9.17, 15) is 5.11 Å². The Bertz CT molecular complexity index is 608. The van der Waals surface area contributed by atoms with Gasteiger partial charge >= 0.3 is 0 Å². The number of methoxy groups -OCH3 is 1. The number of ether oxygens (including phenoxy) is 1. The van der Waals surface area contributed by atoms with E-state index in [-0.39, 0.29) is 0 Å². The normalized spacial score (nSPS) is 17.0. The molecule has 0 amide bonds. The molecule has 100 valence electrons. The average molecular weight is 324 g/mol. The van der Waals surface area contributed by atoms with Gasteiger partial charge in [-0.3, -0.25) is 0 Å². The van der Waals surface area contributed by atoms with Crippen LogP contribution < -0.4 is 4.74 Å². The molecule has 1 aromatic carbocycles. The Labute approximate surface area is 119 Å². The van der Waals surface area contributed by atoms with E-state index in [2.05, 4.69) is 26.2 Å². The van der Waals surface area contributed by atoms with Crippen molar-refractivity contribution < 1.29 is 9.84 Å². The average Bonchev–Trinajstić information content (AvgIpc) is 2.86. The van der Waals surface area contributed by atoms with Crippen molar-refractivity contribution in [3.63, 3.8) is 0 Å². The van der Waals surface area contributed by atoms with Gasteiger partial charge in [-0.2, -0.15) is 0 Å². The molecule has 1 saturated carbocycles. The Hall–Kier alpha value is -1.40. The summed E-state index contributed by atoms with van der Waals surface area (Å²) >= 11 is 3.48. The van der Waals surface area contributed by atoms with Crippen LogP contribution in [-0.4, -0.2) is 27.2 Å². The second-order valence-electron chi connectivity index (χ2n) is 4.75. The minimum Gasteiger partial charge on any atom is -0.497 e. The first kappa shape index (κ1) is 12.6. The van der Waals surface area contributed by atoms with Crippen LogP contribution in [0.25, 0.3) is 5.69 Å². The highest BCUT2D eigenvalue weighted by Crippen LogP contribution is 2.40. The largest absolute Gasteiger partial charge is 0.497 e. The zero-order chi connectivity index (χ0) is 13.5. The van der Waals surface area contributed by atoms with Crippen LogP contribution >= 0.6 is 15.9 Å². The minimum atomic E-state index is -0.788. The molecule has 0 unspecified atom stereocenters. The number of aromatic nitrogens is 3. The molecule has 0 atom stereocenters. The van der Waals surface area contributed by atoms with Gasteiger partial charge in [-0.05, 0) is 47.3 Å². The fourth-order valence-corrected chi connectivity index (χ4v) is 2.59. The lowest BCUT2D eigenvalue weighted by atomic mass is 9.78. The van der Waals surface area contributed by atoms with Crippen LogP contribution in [0.1, 0.15) is 25.0 Å². The first-order valence-electron chi connectivity index (χ1n) is 6.11. The third-order valence-electron chi connectivity index (χ3n) is 3.55. The van der Waals surface area contributed by atoms with Crippen LogP contribution in [0.3, 0.4) is 0 Å². The topological polar surface area (TPSA) is 60.2 Å². The lowest BCUT2D eigenvalue weighted by Crippen LogP contribution is -2.34. The standard InChI is InChI=1S/C13H14BrN3O2/c1-19-9-3-4-10(14)11(7-9)17-8-12(15-16-17)13(18)5-2-6-13/h3-4,7-8,18H,2,5-6H2,1H3. The van der Waals surface area contributed by atoms with Gasteiger partial charge in [-0.1, -0.05) is 5.21 Å². The summed E-state index contributed by atoms with van der Waals surface area (Å²) in [5.41, 5.74) is 0.679. The summed E-state index contributed by atoms with van der Waals surface area (Å²) in [6.45, 7) is 0. The van der Waals surface area contributed by atoms with Crippen molar-refractivity contribution in [2.24, 2.45) is 0 Å². The molecule has 6 heteroatoms. The quantitative estimate of drug-likeness (QED) is 0.942. The van der Waals surface area contributed by atoms with Gasteiger partial charge in [0.25, 0.3) is 0 Å². The third-order valence-corrected chi connectivity index (χ3v) is 4.22. The molecule has 1 aliphatic carbocycles. The van der Waals surface area contributed by atoms with Crippen LogP contribution in [0.2, 0.25) is 0 Å². The number of rotatable bonds is 3. The smallest absolute Gasteiger partial charge is 0.121 e. The molecule has 0 bridgehead atoms. The number of halogens is 1. The van der Waals surface area contributed by atoms with Gasteiger partial charge in [0.1, 0.15) is 17.0 Å². The molecule has 19 heavy (non-hydrogen) atoms. The second kappa shape index (κ2) is 4.61. The van der Waals surface area contributed by atoms with Gasteiger partial charge in [0.05, 0.1) is 19.0 Å². The molecule has 5 nitrogen and oxygen atoms in total. The Kier molecular flexibility index (Phi) is 3.06. The van der Waals surface area contributed by atoms with Crippen molar-refractivity contribution in [2.75, 3.05) is 7.11 Å². The first-order chi connectivity index (χ1) is 9.12. The highest BCUT2D eigenvalue weighted by molar-refractivity contribution is 9.10. The Morgan fingerprint density at radius 2 is 2.21 bits per heavy atom. The second-order valence-corrected chi connectivity index (χ2v) is 5.61. The third kappa shape index (κ3) is 2.15. The molecule has 0 aliphatic heterocycles. The van der Waals surface area contributed by atoms with Gasteiger partial charge in [0, 0.05) is 10.5 Å². The Morgan fingerprint density at radius 1 is 1.42 bits per heavy atom. The van der Waals surface area contributed by atoms with Gasteiger partial charge < -0.3 is 9.84 Å². The highest BCUT2D eigenvalue weighted by atomic mass is 79.9. The van der Waals surface area contributed by atoms with Crippen LogP contribution in [0, 0.1) is 0 Å². The van der Waals surface area contributed by atoms with Crippen molar-refractivity contribution >= 4 is 15.9 Å². The minimum absolute atomic E-state index is 0.633. The molecule has 0 spiro atoms. The molecular formula is C13H14BrN3O2. The Balaban J connectivity index is 1.98. The molecular weight excluding hydrogens is 310 g/mol. The van der Waals surface area contributed by atoms with E-state index in [1.165, 1.54) is 0 Å². The molecule has 1 fully saturated rings. The number of nitrogens with zero attached hydrogens (tertiary/aromatic N) is 3. The predicted molar refractivity (Wildman–Crippen MR) is 73.4 cm³/mol. The van der Waals surface area contributed by atoms with Crippen LogP contribution in [0.4, 0.5) is 0 Å². The summed E-state index contributed by atoms with van der Waals surface area (Å²) in [6, 6.07) is 5.63. The zero-order valence-corrected chi connectivity index (χ0v) is 12.1. The van der Waals surface area contributed by atoms with Crippen LogP contribution in [0.15, 0.2) is 28.9 Å². The van der Waals surface area contributed by atoms with Crippen molar-refractivity contribution in [2.45, 2.75) is 24.9 Å². The summed E-state index contributed by atoms with van der Waals surface area (Å²) in [5.74, 6) is 0.748. The summed E-state index contributed by atoms with van der Waals surface area (Å²) in [5, 5.41) is 18.4. The van der Waals surface area contributed by atoms with Crippen molar-refractivity contribution in [1.29, 1.82) is 0 Å². The van der Waals surface area contributed by atoms with Crippen LogP contribution in [-0.2, 0) is 5.60 Å². The summed E-state index contributed by atoms with van der Waals surface area (Å²) in [4.78, 5) is 0. The number of aliphatic hydroxyl groups is 1.